The first-order valence-electron chi connectivity index (χ1n) is 15.3. The van der Waals surface area contributed by atoms with Crippen molar-refractivity contribution in [1.82, 2.24) is 0 Å². The van der Waals surface area contributed by atoms with E-state index in [4.69, 9.17) is 0 Å². The minimum Gasteiger partial charge on any atom is -0.0696 e. The highest BCUT2D eigenvalue weighted by Gasteiger charge is 2.27. The molecule has 0 saturated carbocycles. The Balaban J connectivity index is 1.89. The van der Waals surface area contributed by atoms with Gasteiger partial charge >= 0.3 is 0 Å². The first kappa shape index (κ1) is 33.3. The molecule has 0 bridgehead atoms. The van der Waals surface area contributed by atoms with E-state index in [0.717, 1.165) is 0 Å². The highest BCUT2D eigenvalue weighted by atomic mass is 14.5. The van der Waals surface area contributed by atoms with E-state index in [2.05, 4.69) is 154 Å². The summed E-state index contributed by atoms with van der Waals surface area (Å²) < 4.78 is 0. The Bertz CT molecular complexity index is 1120. The van der Waals surface area contributed by atoms with Gasteiger partial charge in [0.25, 0.3) is 0 Å². The lowest BCUT2D eigenvalue weighted by Crippen LogP contribution is -2.19. The van der Waals surface area contributed by atoms with E-state index in [1.54, 1.807) is 11.1 Å². The molecule has 0 spiro atoms. The molecule has 2 aliphatic rings. The highest BCUT2D eigenvalue weighted by Crippen LogP contribution is 2.41. The summed E-state index contributed by atoms with van der Waals surface area (Å²) >= 11 is 0. The van der Waals surface area contributed by atoms with Crippen molar-refractivity contribution >= 4 is 0 Å². The van der Waals surface area contributed by atoms with Crippen molar-refractivity contribution < 1.29 is 0 Å². The third-order valence-electron chi connectivity index (χ3n) is 8.38. The van der Waals surface area contributed by atoms with E-state index in [1.807, 2.05) is 0 Å². The molecule has 40 heavy (non-hydrogen) atoms. The SMILES string of the molecule is CC1=C(/C=[13CH]/C(C)=C/C=C/C(C)=C/C=C/C=C(C)/C=C/C=C(C)/[13CH]=C/C2=C(C)[13CH2]CCC2(C)[13CH3])C(C)([13CH3])CC[13CH2]1. The molecule has 216 valence electrons. The molecule has 0 saturated heterocycles. The summed E-state index contributed by atoms with van der Waals surface area (Å²) in [5, 5.41) is 0. The first-order valence-corrected chi connectivity index (χ1v) is 15.3. The van der Waals surface area contributed by atoms with Crippen LogP contribution in [0.3, 0.4) is 0 Å². The quantitative estimate of drug-likeness (QED) is 0.190. The Morgan fingerprint density at radius 2 is 0.825 bits per heavy atom. The maximum atomic E-state index is 2.37. The normalized spacial score (nSPS) is 26.8. The third-order valence-corrected chi connectivity index (χ3v) is 8.38. The van der Waals surface area contributed by atoms with Gasteiger partial charge in [0.15, 0.2) is 0 Å². The van der Waals surface area contributed by atoms with Crippen LogP contribution in [0.25, 0.3) is 0 Å². The van der Waals surface area contributed by atoms with Crippen LogP contribution in [0.2, 0.25) is 0 Å². The molecule has 0 aliphatic heterocycles. The van der Waals surface area contributed by atoms with Crippen molar-refractivity contribution in [2.75, 3.05) is 0 Å². The Hall–Kier alpha value is -2.86. The molecule has 0 aromatic heterocycles. The van der Waals surface area contributed by atoms with Gasteiger partial charge in [-0.2, -0.15) is 0 Å². The standard InChI is InChI=1S/C40H56/c1-31(19-13-21-33(3)25-27-37-35(5)23-15-29-39(37,7)8)17-11-12-18-32(2)20-14-22-34(4)26-28-38-36(6)24-16-30-40(38,9)10/h11-14,17-22,25-28H,15-16,23-24,29-30H2,1-10H3/b12-11+,19-13+,20-14+,27-25+,28-26+,31-17+,32-18+,33-21+,34-22+/i7+1,9+1,23+1,24+1,25+1,26+1. The molecule has 0 fully saturated rings. The second kappa shape index (κ2) is 15.8. The van der Waals surface area contributed by atoms with Crippen LogP contribution in [0, 0.1) is 10.8 Å². The minimum atomic E-state index is 0.291. The fraction of sp³-hybridized carbons (Fsp3) is 0.450. The second-order valence-corrected chi connectivity index (χ2v) is 13.3. The van der Waals surface area contributed by atoms with Crippen molar-refractivity contribution in [1.29, 1.82) is 0 Å². The van der Waals surface area contributed by atoms with Gasteiger partial charge in [-0.15, -0.1) is 0 Å². The smallest absolute Gasteiger partial charge is 0.0104 e. The van der Waals surface area contributed by atoms with Gasteiger partial charge in [-0.25, -0.2) is 0 Å². The number of rotatable bonds is 10. The Morgan fingerprint density at radius 1 is 0.500 bits per heavy atom. The summed E-state index contributed by atoms with van der Waals surface area (Å²) in [4.78, 5) is 0. The van der Waals surface area contributed by atoms with Crippen LogP contribution >= 0.6 is 0 Å². The zero-order valence-corrected chi connectivity index (χ0v) is 27.3. The molecule has 2 aliphatic carbocycles. The second-order valence-electron chi connectivity index (χ2n) is 13.3. The van der Waals surface area contributed by atoms with Crippen molar-refractivity contribution in [3.63, 3.8) is 0 Å². The molecule has 0 N–H and O–H groups in total. The van der Waals surface area contributed by atoms with E-state index in [9.17, 15) is 0 Å². The Morgan fingerprint density at radius 3 is 1.18 bits per heavy atom. The fourth-order valence-corrected chi connectivity index (χ4v) is 5.79. The molecule has 0 radical (unpaired) electrons. The van der Waals surface area contributed by atoms with Crippen LogP contribution in [0.4, 0.5) is 0 Å². The average Bonchev–Trinajstić information content (AvgIpc) is 2.85. The van der Waals surface area contributed by atoms with Gasteiger partial charge in [0.05, 0.1) is 0 Å². The van der Waals surface area contributed by atoms with Gasteiger partial charge in [-0.1, -0.05) is 146 Å². The zero-order chi connectivity index (χ0) is 29.8. The van der Waals surface area contributed by atoms with E-state index in [0.29, 0.717) is 10.8 Å². The van der Waals surface area contributed by atoms with Gasteiger partial charge in [-0.05, 0) is 102 Å². The van der Waals surface area contributed by atoms with E-state index in [1.165, 1.54) is 72.0 Å². The summed E-state index contributed by atoms with van der Waals surface area (Å²) in [7, 11) is 0. The first-order chi connectivity index (χ1) is 18.8. The van der Waals surface area contributed by atoms with Gasteiger partial charge in [0, 0.05) is 0 Å². The maximum absolute atomic E-state index is 2.37. The molecule has 2 atom stereocenters. The van der Waals surface area contributed by atoms with Gasteiger partial charge in [0.1, 0.15) is 0 Å². The van der Waals surface area contributed by atoms with Crippen LogP contribution < -0.4 is 0 Å². The van der Waals surface area contributed by atoms with Crippen molar-refractivity contribution in [3.05, 3.63) is 130 Å². The Labute approximate surface area is 247 Å². The summed E-state index contributed by atoms with van der Waals surface area (Å²) in [5.41, 5.74) is 11.7. The lowest BCUT2D eigenvalue weighted by atomic mass is 9.81. The van der Waals surface area contributed by atoms with Crippen LogP contribution in [-0.4, -0.2) is 0 Å². The molecule has 0 aromatic rings. The van der Waals surface area contributed by atoms with Crippen molar-refractivity contribution in [2.45, 2.75) is 108 Å². The lowest BCUT2D eigenvalue weighted by Gasteiger charge is -2.33. The minimum absolute atomic E-state index is 0.291. The number of hydrogen-bond donors (Lipinski definition) is 0. The molecule has 2 unspecified atom stereocenters. The van der Waals surface area contributed by atoms with E-state index >= 15 is 0 Å². The molecule has 0 nitrogen and oxygen atoms in total. The molecular formula is C40H56. The van der Waals surface area contributed by atoms with Crippen LogP contribution in [0.1, 0.15) is 108 Å². The molecule has 0 heterocycles. The summed E-state index contributed by atoms with van der Waals surface area (Å²) in [6.45, 7) is 22.7. The molecule has 0 aromatic carbocycles. The summed E-state index contributed by atoms with van der Waals surface area (Å²) in [6.07, 6.45) is 38.4. The van der Waals surface area contributed by atoms with Gasteiger partial charge in [0.2, 0.25) is 0 Å². The fourth-order valence-electron chi connectivity index (χ4n) is 5.79. The molecular weight excluding hydrogens is 486 g/mol. The van der Waals surface area contributed by atoms with Crippen molar-refractivity contribution in [3.8, 4) is 0 Å². The van der Waals surface area contributed by atoms with E-state index < -0.39 is 0 Å². The predicted octanol–water partition coefficient (Wildman–Crippen LogP) is 12.6. The average molecular weight is 543 g/mol. The monoisotopic (exact) mass is 542 g/mol. The largest absolute Gasteiger partial charge is 0.0696 e. The van der Waals surface area contributed by atoms with Crippen LogP contribution in [-0.2, 0) is 0 Å². The van der Waals surface area contributed by atoms with Gasteiger partial charge < -0.3 is 0 Å². The zero-order valence-electron chi connectivity index (χ0n) is 27.3. The van der Waals surface area contributed by atoms with E-state index in [-0.39, 0.29) is 0 Å². The summed E-state index contributed by atoms with van der Waals surface area (Å²) in [5.74, 6) is 0. The van der Waals surface area contributed by atoms with Crippen molar-refractivity contribution in [2.24, 2.45) is 10.8 Å². The Kier molecular flexibility index (Phi) is 13.2. The predicted molar refractivity (Wildman–Crippen MR) is 181 cm³/mol. The van der Waals surface area contributed by atoms with Gasteiger partial charge in [-0.3, -0.25) is 0 Å². The third kappa shape index (κ3) is 11.3. The van der Waals surface area contributed by atoms with Crippen LogP contribution in [0.5, 0.6) is 0 Å². The molecule has 2 rings (SSSR count). The highest BCUT2D eigenvalue weighted by molar-refractivity contribution is 5.39. The molecule has 0 amide bonds. The maximum Gasteiger partial charge on any atom is -0.0104 e. The molecule has 0 heteroatoms. The van der Waals surface area contributed by atoms with Crippen LogP contribution in [0.15, 0.2) is 130 Å². The topological polar surface area (TPSA) is 0 Å². The number of hydrogen-bond acceptors (Lipinski definition) is 0. The number of allylic oxidation sites excluding steroid dienone is 22. The summed E-state index contributed by atoms with van der Waals surface area (Å²) in [6, 6.07) is 0. The lowest BCUT2D eigenvalue weighted by molar-refractivity contribution is 0.376.